The van der Waals surface area contributed by atoms with Gasteiger partial charge in [-0.25, -0.2) is 7.26 Å². The Hall–Kier alpha value is -7.50. The molecule has 6 aromatic carbocycles. The predicted molar refractivity (Wildman–Crippen MR) is 444 cm³/mol. The second kappa shape index (κ2) is 32.7. The number of hydrogen-bond donors (Lipinski definition) is 0. The van der Waals surface area contributed by atoms with Crippen LogP contribution in [0.4, 0.5) is 26.3 Å². The Bertz CT molecular complexity index is 4590. The lowest BCUT2D eigenvalue weighted by atomic mass is 9.49. The first kappa shape index (κ1) is 86.3. The fourth-order valence-corrected chi connectivity index (χ4v) is 38.7. The third-order valence-corrected chi connectivity index (χ3v) is 41.5. The summed E-state index contributed by atoms with van der Waals surface area (Å²) >= 11 is 0. The molecule has 0 amide bonds. The van der Waals surface area contributed by atoms with Gasteiger partial charge in [0.1, 0.15) is 23.0 Å². The molecule has 16 aliphatic carbocycles. The summed E-state index contributed by atoms with van der Waals surface area (Å²) in [5.41, 5.74) is -1.30. The Morgan fingerprint density at radius 3 is 0.691 bits per heavy atom. The molecule has 0 aliphatic heterocycles. The van der Waals surface area contributed by atoms with Gasteiger partial charge < -0.3 is 37.9 Å². The van der Waals surface area contributed by atoms with Gasteiger partial charge in [0.2, 0.25) is 27.2 Å². The summed E-state index contributed by atoms with van der Waals surface area (Å²) in [6, 6.07) is 29.1. The zero-order valence-corrected chi connectivity index (χ0v) is 73.3. The van der Waals surface area contributed by atoms with Crippen LogP contribution < -0.4 is 18.9 Å². The summed E-state index contributed by atoms with van der Waals surface area (Å²) in [5.74, 6) is -4.02. The van der Waals surface area contributed by atoms with Crippen LogP contribution in [0.3, 0.4) is 0 Å². The molecule has 16 fully saturated rings. The van der Waals surface area contributed by atoms with E-state index in [-0.39, 0.29) is 122 Å². The zero-order chi connectivity index (χ0) is 86.1. The monoisotopic (exact) mass is 1780 g/mol. The number of esters is 4. The number of carbonyl (C=O) groups excluding carboxylic acids is 4. The van der Waals surface area contributed by atoms with E-state index >= 15 is 43.2 Å². The summed E-state index contributed by atoms with van der Waals surface area (Å²) in [7, 11) is -25.0. The van der Waals surface area contributed by atoms with Crippen molar-refractivity contribution in [2.24, 2.45) is 92.7 Å². The van der Waals surface area contributed by atoms with Gasteiger partial charge in [-0.2, -0.15) is 43.2 Å². The van der Waals surface area contributed by atoms with Crippen LogP contribution in [0.2, 0.25) is 0 Å². The van der Waals surface area contributed by atoms with Crippen molar-refractivity contribution in [1.29, 1.82) is 0 Å². The van der Waals surface area contributed by atoms with E-state index < -0.39 is 108 Å². The lowest BCUT2D eigenvalue weighted by Gasteiger charge is -2.56. The SMILES string of the molecule is Cc1c(OCOC(=O)CC23CC4CC(CC(C4)C2)C3)cccc1S(OS(=O)(=O)C(F)(F)C(F)(F)C(F)(F)S(=O)(=O)OS(c1ccccc1)(c1cccc(OCOC(=O)CC23CC4CC(CC(C4)C2)C3)c1C)c1cccc(OCOC(=O)CC23CC4CC(CC(C4)C2)C3)c1C)(c1ccccc1)c1cccc(OCOC(=O)CC23CC4CC(CC(C4)C2)C3)c1C. The van der Waals surface area contributed by atoms with Crippen LogP contribution in [0.15, 0.2) is 163 Å². The summed E-state index contributed by atoms with van der Waals surface area (Å²) in [5, 5.41) is -14.5. The highest BCUT2D eigenvalue weighted by molar-refractivity contribution is 8.33. The molecule has 0 N–H and O–H groups in total. The van der Waals surface area contributed by atoms with Crippen LogP contribution in [0.5, 0.6) is 23.0 Å². The smallest absolute Gasteiger partial charge is 0.440 e. The fraction of sp³-hybridized carbons (Fsp3) is 0.579. The van der Waals surface area contributed by atoms with Gasteiger partial charge in [-0.1, -0.05) is 60.7 Å². The maximum atomic E-state index is 18.4. The number of carbonyl (C=O) groups is 4. The molecule has 18 nitrogen and oxygen atoms in total. The van der Waals surface area contributed by atoms with Gasteiger partial charge in [0.25, 0.3) is 0 Å². The van der Waals surface area contributed by atoms with Crippen LogP contribution in [0, 0.1) is 120 Å². The minimum atomic E-state index is -7.77. The predicted octanol–water partition coefficient (Wildman–Crippen LogP) is 22.5. The fourth-order valence-electron chi connectivity index (χ4n) is 27.4. The molecule has 0 saturated heterocycles. The highest BCUT2D eigenvalue weighted by atomic mass is 32.3. The van der Waals surface area contributed by atoms with E-state index in [1.54, 1.807) is 0 Å². The molecule has 22 rings (SSSR count). The molecule has 16 saturated carbocycles. The normalized spacial score (nSPS) is 31.4. The molecule has 664 valence electrons. The first-order chi connectivity index (χ1) is 58.6. The van der Waals surface area contributed by atoms with Crippen molar-refractivity contribution in [1.82, 2.24) is 0 Å². The third-order valence-electron chi connectivity index (χ3n) is 30.5. The lowest BCUT2D eigenvalue weighted by molar-refractivity contribution is -0.246. The molecule has 0 unspecified atom stereocenters. The van der Waals surface area contributed by atoms with E-state index in [0.29, 0.717) is 71.0 Å². The van der Waals surface area contributed by atoms with Crippen molar-refractivity contribution >= 4 is 64.7 Å². The Morgan fingerprint density at radius 2 is 0.496 bits per heavy atom. The minimum absolute atomic E-state index is 0.0962. The van der Waals surface area contributed by atoms with Crippen molar-refractivity contribution < 1.29 is 108 Å². The Balaban J connectivity index is 0.681. The van der Waals surface area contributed by atoms with Gasteiger partial charge in [0.05, 0.1) is 25.7 Å². The number of rotatable bonds is 34. The van der Waals surface area contributed by atoms with Crippen molar-refractivity contribution in [3.63, 3.8) is 0 Å². The van der Waals surface area contributed by atoms with E-state index in [1.165, 1.54) is 161 Å². The number of benzene rings is 6. The van der Waals surface area contributed by atoms with E-state index in [9.17, 15) is 19.2 Å². The molecule has 6 aromatic rings. The van der Waals surface area contributed by atoms with E-state index in [0.717, 1.165) is 154 Å². The second-order valence-corrected chi connectivity index (χ2v) is 48.3. The van der Waals surface area contributed by atoms with E-state index in [2.05, 4.69) is 0 Å². The van der Waals surface area contributed by atoms with Crippen LogP contribution in [-0.4, -0.2) is 84.3 Å². The zero-order valence-electron chi connectivity index (χ0n) is 70.0. The Kier molecular flexibility index (Phi) is 22.9. The highest BCUT2D eigenvalue weighted by Gasteiger charge is 2.84. The molecule has 0 heterocycles. The average Bonchev–Trinajstić information content (AvgIpc) is 0.695. The number of alkyl halides is 6. The molecule has 0 radical (unpaired) electrons. The van der Waals surface area contributed by atoms with Gasteiger partial charge in [0.15, 0.2) is 0 Å². The number of hydrogen-bond acceptors (Lipinski definition) is 18. The molecule has 123 heavy (non-hydrogen) atoms. The van der Waals surface area contributed by atoms with E-state index in [4.69, 9.17) is 45.2 Å². The van der Waals surface area contributed by atoms with Gasteiger partial charge in [-0.3, -0.25) is 19.2 Å². The Labute approximate surface area is 719 Å². The van der Waals surface area contributed by atoms with Crippen molar-refractivity contribution in [3.05, 3.63) is 156 Å². The molecule has 16 aliphatic rings. The molecular weight excluding hydrogens is 1670 g/mol. The molecule has 28 heteroatoms. The first-order valence-corrected chi connectivity index (χ1v) is 49.9. The van der Waals surface area contributed by atoms with Gasteiger partial charge >= 0.3 is 60.5 Å². The molecule has 16 bridgehead atoms. The standard InChI is InChI=1S/C95H110F6O18S4/c1-59-77(110-55-114-85(102)51-89-39-63-27-64(40-89)29-65(28-63)41-89)19-11-23-81(59)120(75-15-7-5-8-16-75,82-24-12-20-78(60(82)2)111-56-115-86(103)52-90-42-66-30-67(43-90)32-68(31-66)44-90)118-122(106,107)94(98,99)93(96,97)95(100,101)123(108,109)119-121(76-17-9-6-10-18-76,83-25-13-21-79(61(83)3)112-57-116-87(104)53-91-45-69-33-70(46-91)35-71(34-69)47-91)84-26-14-22-80(62(84)4)113-58-117-88(105)54-92-48-72-36-73(49-92)38-74(37-72)50-92/h5-26,63-74H,27-58H2,1-4H3. The maximum absolute atomic E-state index is 18.4. The van der Waals surface area contributed by atoms with Crippen LogP contribution in [-0.2, 0) is 65.6 Å². The summed E-state index contributed by atoms with van der Waals surface area (Å²) in [6.45, 7) is 2.67. The van der Waals surface area contributed by atoms with Crippen molar-refractivity contribution in [2.75, 3.05) is 27.2 Å². The van der Waals surface area contributed by atoms with Gasteiger partial charge in [-0.15, -0.1) is 0 Å². The number of ether oxygens (including phenoxy) is 8. The number of halogens is 6. The largest absolute Gasteiger partial charge is 0.457 e. The highest BCUT2D eigenvalue weighted by Crippen LogP contribution is 2.77. The van der Waals surface area contributed by atoms with Crippen LogP contribution >= 0.6 is 20.6 Å². The van der Waals surface area contributed by atoms with E-state index in [1.807, 2.05) is 0 Å². The van der Waals surface area contributed by atoms with Crippen LogP contribution in [0.25, 0.3) is 0 Å². The molecule has 0 spiro atoms. The summed E-state index contributed by atoms with van der Waals surface area (Å²) < 4.78 is 232. The molecule has 0 atom stereocenters. The lowest BCUT2D eigenvalue weighted by Crippen LogP contribution is -2.61. The third kappa shape index (κ3) is 16.0. The second-order valence-electron chi connectivity index (χ2n) is 39.4. The summed E-state index contributed by atoms with van der Waals surface area (Å²) in [6.07, 6.45) is 24.9. The summed E-state index contributed by atoms with van der Waals surface area (Å²) in [4.78, 5) is 53.4. The van der Waals surface area contributed by atoms with Crippen LogP contribution in [0.1, 0.15) is 202 Å². The topological polar surface area (TPSA) is 229 Å². The van der Waals surface area contributed by atoms with Crippen molar-refractivity contribution in [3.8, 4) is 23.0 Å². The van der Waals surface area contributed by atoms with Crippen molar-refractivity contribution in [2.45, 2.75) is 253 Å². The molecule has 0 aromatic heterocycles. The quantitative estimate of drug-likeness (QED) is 0.0158. The minimum Gasteiger partial charge on any atom is -0.457 e. The maximum Gasteiger partial charge on any atom is 0.440 e. The Morgan fingerprint density at radius 1 is 0.301 bits per heavy atom. The molecular formula is C95H110F6O18S4. The van der Waals surface area contributed by atoms with Gasteiger partial charge in [-0.05, 0) is 368 Å². The first-order valence-electron chi connectivity index (χ1n) is 43.9. The average molecular weight is 1780 g/mol. The van der Waals surface area contributed by atoms with Gasteiger partial charge in [0, 0.05) is 51.6 Å².